The van der Waals surface area contributed by atoms with Crippen molar-refractivity contribution in [1.82, 2.24) is 4.98 Å². The molecule has 5 heteroatoms. The highest BCUT2D eigenvalue weighted by molar-refractivity contribution is 7.92. The van der Waals surface area contributed by atoms with Gasteiger partial charge >= 0.3 is 0 Å². The van der Waals surface area contributed by atoms with Crippen LogP contribution >= 0.6 is 0 Å². The third-order valence-electron chi connectivity index (χ3n) is 4.37. The van der Waals surface area contributed by atoms with Crippen molar-refractivity contribution in [1.29, 1.82) is 0 Å². The zero-order chi connectivity index (χ0) is 16.8. The van der Waals surface area contributed by atoms with E-state index in [1.165, 1.54) is 0 Å². The number of fused-ring (bicyclic) bond motifs is 1. The first kappa shape index (κ1) is 15.6. The number of benzene rings is 2. The third kappa shape index (κ3) is 2.72. The Labute approximate surface area is 136 Å². The number of nitrogens with one attached hydrogen (secondary N) is 2. The zero-order valence-electron chi connectivity index (χ0n) is 13.7. The number of hydrogen-bond donors (Lipinski definition) is 2. The van der Waals surface area contributed by atoms with Crippen molar-refractivity contribution in [3.8, 4) is 0 Å². The van der Waals surface area contributed by atoms with Gasteiger partial charge in [-0.15, -0.1) is 0 Å². The van der Waals surface area contributed by atoms with Gasteiger partial charge in [-0.05, 0) is 74.2 Å². The average molecular weight is 328 g/mol. The Kier molecular flexibility index (Phi) is 3.68. The molecule has 120 valence electrons. The van der Waals surface area contributed by atoms with Gasteiger partial charge in [-0.25, -0.2) is 8.42 Å². The lowest BCUT2D eigenvalue weighted by atomic mass is 10.0. The maximum atomic E-state index is 12.9. The molecule has 0 saturated carbocycles. The Bertz CT molecular complexity index is 975. The summed E-state index contributed by atoms with van der Waals surface area (Å²) < 4.78 is 28.5. The average Bonchev–Trinajstić information content (AvgIpc) is 2.92. The predicted molar refractivity (Wildman–Crippen MR) is 94.5 cm³/mol. The summed E-state index contributed by atoms with van der Waals surface area (Å²) in [6.07, 6.45) is 1.83. The fraction of sp³-hybridized carbons (Fsp3) is 0.222. The van der Waals surface area contributed by atoms with Gasteiger partial charge in [-0.3, -0.25) is 4.72 Å². The Morgan fingerprint density at radius 3 is 2.22 bits per heavy atom. The first-order chi connectivity index (χ1) is 10.8. The van der Waals surface area contributed by atoms with Crippen molar-refractivity contribution < 1.29 is 8.42 Å². The molecule has 0 unspecified atom stereocenters. The van der Waals surface area contributed by atoms with Crippen LogP contribution < -0.4 is 4.72 Å². The van der Waals surface area contributed by atoms with Crippen LogP contribution in [0, 0.1) is 27.7 Å². The maximum Gasteiger partial charge on any atom is 0.262 e. The van der Waals surface area contributed by atoms with Gasteiger partial charge in [0.15, 0.2) is 0 Å². The van der Waals surface area contributed by atoms with E-state index in [-0.39, 0.29) is 0 Å². The normalized spacial score (nSPS) is 11.8. The molecule has 0 aliphatic heterocycles. The lowest BCUT2D eigenvalue weighted by molar-refractivity contribution is 0.599. The Morgan fingerprint density at radius 2 is 1.57 bits per heavy atom. The van der Waals surface area contributed by atoms with Crippen LogP contribution in [0.4, 0.5) is 5.69 Å². The summed E-state index contributed by atoms with van der Waals surface area (Å²) in [6.45, 7) is 7.58. The van der Waals surface area contributed by atoms with E-state index >= 15 is 0 Å². The molecule has 0 atom stereocenters. The van der Waals surface area contributed by atoms with Gasteiger partial charge < -0.3 is 4.98 Å². The van der Waals surface area contributed by atoms with Crippen LogP contribution in [0.3, 0.4) is 0 Å². The summed E-state index contributed by atoms with van der Waals surface area (Å²) in [5.74, 6) is 0. The summed E-state index contributed by atoms with van der Waals surface area (Å²) >= 11 is 0. The van der Waals surface area contributed by atoms with Gasteiger partial charge in [-0.2, -0.15) is 0 Å². The molecule has 0 saturated heterocycles. The van der Waals surface area contributed by atoms with Gasteiger partial charge in [0.05, 0.1) is 4.90 Å². The molecule has 0 fully saturated rings. The molecule has 0 spiro atoms. The topological polar surface area (TPSA) is 62.0 Å². The van der Waals surface area contributed by atoms with Gasteiger partial charge in [0.2, 0.25) is 0 Å². The monoisotopic (exact) mass is 328 g/mol. The summed E-state index contributed by atoms with van der Waals surface area (Å²) in [5, 5.41) is 0.971. The molecular formula is C18H20N2O2S. The highest BCUT2D eigenvalue weighted by Gasteiger charge is 2.22. The first-order valence-corrected chi connectivity index (χ1v) is 8.95. The molecule has 0 radical (unpaired) electrons. The second-order valence-corrected chi connectivity index (χ2v) is 7.59. The van der Waals surface area contributed by atoms with E-state index in [1.807, 2.05) is 58.2 Å². The van der Waals surface area contributed by atoms with Crippen molar-refractivity contribution in [2.45, 2.75) is 32.6 Å². The van der Waals surface area contributed by atoms with Gasteiger partial charge in [0.1, 0.15) is 0 Å². The van der Waals surface area contributed by atoms with Gasteiger partial charge in [0, 0.05) is 22.8 Å². The molecule has 0 aliphatic carbocycles. The minimum Gasteiger partial charge on any atom is -0.361 e. The molecule has 0 bridgehead atoms. The number of anilines is 1. The Hall–Kier alpha value is -2.27. The lowest BCUT2D eigenvalue weighted by Crippen LogP contribution is -2.17. The fourth-order valence-corrected chi connectivity index (χ4v) is 4.57. The van der Waals surface area contributed by atoms with E-state index in [9.17, 15) is 8.42 Å². The third-order valence-corrected chi connectivity index (χ3v) is 6.03. The second kappa shape index (κ2) is 5.42. The van der Waals surface area contributed by atoms with Gasteiger partial charge in [0.25, 0.3) is 10.0 Å². The van der Waals surface area contributed by atoms with E-state index in [0.29, 0.717) is 10.6 Å². The summed E-state index contributed by atoms with van der Waals surface area (Å²) in [4.78, 5) is 3.48. The van der Waals surface area contributed by atoms with Crippen molar-refractivity contribution in [3.05, 3.63) is 58.8 Å². The molecule has 0 aliphatic rings. The molecule has 2 aromatic carbocycles. The molecule has 4 nitrogen and oxygen atoms in total. The number of aryl methyl sites for hydroxylation is 2. The highest BCUT2D eigenvalue weighted by atomic mass is 32.2. The number of sulfonamides is 1. The molecular weight excluding hydrogens is 308 g/mol. The smallest absolute Gasteiger partial charge is 0.262 e. The van der Waals surface area contributed by atoms with E-state index in [2.05, 4.69) is 9.71 Å². The maximum absolute atomic E-state index is 12.9. The Balaban J connectivity index is 2.08. The summed E-state index contributed by atoms with van der Waals surface area (Å²) in [5.41, 5.74) is 5.09. The molecule has 23 heavy (non-hydrogen) atoms. The van der Waals surface area contributed by atoms with Crippen molar-refractivity contribution in [2.75, 3.05) is 4.72 Å². The molecule has 3 rings (SSSR count). The first-order valence-electron chi connectivity index (χ1n) is 7.47. The van der Waals surface area contributed by atoms with Crippen LogP contribution in [0.1, 0.15) is 22.3 Å². The minimum atomic E-state index is -3.63. The quantitative estimate of drug-likeness (QED) is 0.757. The van der Waals surface area contributed by atoms with Crippen LogP contribution in [0.15, 0.2) is 41.4 Å². The number of rotatable bonds is 3. The fourth-order valence-electron chi connectivity index (χ4n) is 2.91. The van der Waals surface area contributed by atoms with Crippen LogP contribution in [-0.2, 0) is 10.0 Å². The van der Waals surface area contributed by atoms with Crippen molar-refractivity contribution >= 4 is 26.6 Å². The second-order valence-electron chi connectivity index (χ2n) is 5.97. The number of aromatic nitrogens is 1. The number of hydrogen-bond acceptors (Lipinski definition) is 2. The van der Waals surface area contributed by atoms with Gasteiger partial charge in [-0.1, -0.05) is 6.07 Å². The molecule has 2 N–H and O–H groups in total. The van der Waals surface area contributed by atoms with Crippen LogP contribution in [0.25, 0.3) is 10.9 Å². The van der Waals surface area contributed by atoms with Crippen molar-refractivity contribution in [2.24, 2.45) is 0 Å². The van der Waals surface area contributed by atoms with Crippen LogP contribution in [0.2, 0.25) is 0 Å². The SMILES string of the molecule is Cc1cc(C)c(C)c(S(=O)(=O)Nc2ccc3[nH]ccc3c2)c1C. The summed E-state index contributed by atoms with van der Waals surface area (Å²) in [6, 6.07) is 9.41. The molecule has 1 aromatic heterocycles. The zero-order valence-corrected chi connectivity index (χ0v) is 14.5. The van der Waals surface area contributed by atoms with E-state index < -0.39 is 10.0 Å². The molecule has 1 heterocycles. The molecule has 0 amide bonds. The van der Waals surface area contributed by atoms with E-state index in [1.54, 1.807) is 6.07 Å². The van der Waals surface area contributed by atoms with Crippen LogP contribution in [0.5, 0.6) is 0 Å². The Morgan fingerprint density at radius 1 is 0.913 bits per heavy atom. The number of aromatic amines is 1. The summed E-state index contributed by atoms with van der Waals surface area (Å²) in [7, 11) is -3.63. The standard InChI is InChI=1S/C18H20N2O2S/c1-11-9-12(2)14(4)18(13(11)3)23(21,22)20-16-5-6-17-15(10-16)7-8-19-17/h5-10,19-20H,1-4H3. The number of H-pyrrole nitrogens is 1. The predicted octanol–water partition coefficient (Wildman–Crippen LogP) is 4.20. The lowest BCUT2D eigenvalue weighted by Gasteiger charge is -2.16. The highest BCUT2D eigenvalue weighted by Crippen LogP contribution is 2.28. The largest absolute Gasteiger partial charge is 0.361 e. The van der Waals surface area contributed by atoms with E-state index in [0.717, 1.165) is 33.2 Å². The minimum absolute atomic E-state index is 0.379. The van der Waals surface area contributed by atoms with E-state index in [4.69, 9.17) is 0 Å². The molecule has 3 aromatic rings. The van der Waals surface area contributed by atoms with Crippen LogP contribution in [-0.4, -0.2) is 13.4 Å². The van der Waals surface area contributed by atoms with Crippen molar-refractivity contribution in [3.63, 3.8) is 0 Å².